The number of halogens is 1. The quantitative estimate of drug-likeness (QED) is 0.690. The molecule has 0 radical (unpaired) electrons. The highest BCUT2D eigenvalue weighted by Crippen LogP contribution is 2.21. The third kappa shape index (κ3) is 2.43. The van der Waals surface area contributed by atoms with Crippen LogP contribution in [0.5, 0.6) is 5.88 Å². The molecule has 0 aliphatic carbocycles. The van der Waals surface area contributed by atoms with Gasteiger partial charge in [0.05, 0.1) is 9.26 Å². The Bertz CT molecular complexity index is 363. The Morgan fingerprint density at radius 3 is 2.86 bits per heavy atom. The number of aryl methyl sites for hydroxylation is 1. The maximum atomic E-state index is 11.6. The van der Waals surface area contributed by atoms with E-state index in [-0.39, 0.29) is 11.7 Å². The number of aromatic hydroxyl groups is 1. The van der Waals surface area contributed by atoms with Crippen LogP contribution in [0.25, 0.3) is 0 Å². The molecule has 1 aromatic heterocycles. The Morgan fingerprint density at radius 2 is 2.29 bits per heavy atom. The van der Waals surface area contributed by atoms with Crippen molar-refractivity contribution >= 4 is 28.4 Å². The molecule has 0 unspecified atom stereocenters. The van der Waals surface area contributed by atoms with Gasteiger partial charge in [0.15, 0.2) is 5.78 Å². The predicted octanol–water partition coefficient (Wildman–Crippen LogP) is 2.68. The molecule has 0 amide bonds. The van der Waals surface area contributed by atoms with Crippen molar-refractivity contribution in [1.29, 1.82) is 0 Å². The van der Waals surface area contributed by atoms with Crippen LogP contribution in [0, 0.1) is 10.5 Å². The van der Waals surface area contributed by atoms with E-state index in [2.05, 4.69) is 4.98 Å². The first-order valence-corrected chi connectivity index (χ1v) is 5.53. The summed E-state index contributed by atoms with van der Waals surface area (Å²) in [6, 6.07) is 1.69. The molecule has 4 heteroatoms. The molecule has 0 fully saturated rings. The first kappa shape index (κ1) is 11.4. The van der Waals surface area contributed by atoms with E-state index in [0.717, 1.165) is 6.42 Å². The number of carbonyl (C=O) groups is 1. The smallest absolute Gasteiger partial charge is 0.224 e. The van der Waals surface area contributed by atoms with Gasteiger partial charge in [-0.25, -0.2) is 4.98 Å². The summed E-state index contributed by atoms with van der Waals surface area (Å²) in [5.74, 6) is 0.0894. The fourth-order valence-electron chi connectivity index (χ4n) is 1.21. The van der Waals surface area contributed by atoms with Crippen LogP contribution in [0.2, 0.25) is 0 Å². The molecule has 14 heavy (non-hydrogen) atoms. The second-order valence-electron chi connectivity index (χ2n) is 3.10. The zero-order chi connectivity index (χ0) is 10.7. The van der Waals surface area contributed by atoms with E-state index in [9.17, 15) is 9.90 Å². The molecule has 0 spiro atoms. The molecule has 0 saturated heterocycles. The van der Waals surface area contributed by atoms with Crippen molar-refractivity contribution in [2.45, 2.75) is 26.7 Å². The first-order chi connectivity index (χ1) is 6.56. The van der Waals surface area contributed by atoms with E-state index >= 15 is 0 Å². The highest BCUT2D eigenvalue weighted by atomic mass is 127. The second kappa shape index (κ2) is 4.72. The highest BCUT2D eigenvalue weighted by molar-refractivity contribution is 14.1. The lowest BCUT2D eigenvalue weighted by Gasteiger charge is -2.05. The second-order valence-corrected chi connectivity index (χ2v) is 4.26. The van der Waals surface area contributed by atoms with E-state index in [1.54, 1.807) is 13.0 Å². The van der Waals surface area contributed by atoms with Gasteiger partial charge in [-0.3, -0.25) is 4.79 Å². The molecule has 1 rings (SSSR count). The lowest BCUT2D eigenvalue weighted by molar-refractivity contribution is 0.0980. The van der Waals surface area contributed by atoms with E-state index < -0.39 is 0 Å². The summed E-state index contributed by atoms with van der Waals surface area (Å²) in [6.45, 7) is 3.70. The Labute approximate surface area is 96.7 Å². The third-order valence-electron chi connectivity index (χ3n) is 1.93. The molecule has 1 N–H and O–H groups in total. The van der Waals surface area contributed by atoms with Crippen LogP contribution in [-0.4, -0.2) is 15.9 Å². The van der Waals surface area contributed by atoms with Gasteiger partial charge in [0.25, 0.3) is 0 Å². The number of pyridine rings is 1. The minimum atomic E-state index is -0.00357. The van der Waals surface area contributed by atoms with Gasteiger partial charge in [-0.15, -0.1) is 0 Å². The first-order valence-electron chi connectivity index (χ1n) is 4.45. The van der Waals surface area contributed by atoms with E-state index in [1.807, 2.05) is 29.5 Å². The van der Waals surface area contributed by atoms with Crippen molar-refractivity contribution in [1.82, 2.24) is 4.98 Å². The summed E-state index contributed by atoms with van der Waals surface area (Å²) < 4.78 is 0.618. The molecule has 0 atom stereocenters. The van der Waals surface area contributed by atoms with Gasteiger partial charge in [-0.1, -0.05) is 6.92 Å². The van der Waals surface area contributed by atoms with Gasteiger partial charge in [0.2, 0.25) is 5.88 Å². The maximum Gasteiger partial charge on any atom is 0.224 e. The van der Waals surface area contributed by atoms with Crippen LogP contribution < -0.4 is 0 Å². The Hall–Kier alpha value is -0.650. The van der Waals surface area contributed by atoms with Gasteiger partial charge < -0.3 is 5.11 Å². The normalized spacial score (nSPS) is 10.2. The minimum Gasteiger partial charge on any atom is -0.493 e. The van der Waals surface area contributed by atoms with Gasteiger partial charge in [-0.2, -0.15) is 0 Å². The van der Waals surface area contributed by atoms with Crippen LogP contribution >= 0.6 is 22.6 Å². The van der Waals surface area contributed by atoms with Crippen molar-refractivity contribution in [3.05, 3.63) is 20.9 Å². The van der Waals surface area contributed by atoms with E-state index in [4.69, 9.17) is 0 Å². The van der Waals surface area contributed by atoms with Crippen LogP contribution in [0.15, 0.2) is 6.07 Å². The van der Waals surface area contributed by atoms with Crippen LogP contribution in [0.1, 0.15) is 35.8 Å². The van der Waals surface area contributed by atoms with Crippen molar-refractivity contribution in [3.8, 4) is 5.88 Å². The van der Waals surface area contributed by atoms with Crippen LogP contribution in [-0.2, 0) is 0 Å². The van der Waals surface area contributed by atoms with Crippen molar-refractivity contribution in [2.24, 2.45) is 0 Å². The number of Topliss-reactive ketones (excluding diaryl/α,β-unsaturated/α-hetero) is 1. The third-order valence-corrected chi connectivity index (χ3v) is 2.72. The lowest BCUT2D eigenvalue weighted by atomic mass is 10.1. The molecule has 0 bridgehead atoms. The van der Waals surface area contributed by atoms with Crippen molar-refractivity contribution < 1.29 is 9.90 Å². The SMILES string of the molecule is CCCC(=O)c1cc(I)c(O)nc1C. The summed E-state index contributed by atoms with van der Waals surface area (Å²) >= 11 is 1.96. The van der Waals surface area contributed by atoms with Gasteiger partial charge in [-0.05, 0) is 42.0 Å². The maximum absolute atomic E-state index is 11.6. The standard InChI is InChI=1S/C10H12INO2/c1-3-4-9(13)7-5-8(11)10(14)12-6(7)2/h5H,3-4H2,1-2H3,(H,12,14). The molecule has 0 aliphatic heterocycles. The zero-order valence-corrected chi connectivity index (χ0v) is 10.3. The highest BCUT2D eigenvalue weighted by Gasteiger charge is 2.12. The van der Waals surface area contributed by atoms with Crippen molar-refractivity contribution in [3.63, 3.8) is 0 Å². The largest absolute Gasteiger partial charge is 0.493 e. The summed E-state index contributed by atoms with van der Waals surface area (Å²) in [6.07, 6.45) is 1.36. The molecular weight excluding hydrogens is 293 g/mol. The Balaban J connectivity index is 3.09. The lowest BCUT2D eigenvalue weighted by Crippen LogP contribution is -2.03. The van der Waals surface area contributed by atoms with E-state index in [0.29, 0.717) is 21.2 Å². The van der Waals surface area contributed by atoms with Gasteiger partial charge >= 0.3 is 0 Å². The zero-order valence-electron chi connectivity index (χ0n) is 8.17. The number of aromatic nitrogens is 1. The number of nitrogens with zero attached hydrogens (tertiary/aromatic N) is 1. The Kier molecular flexibility index (Phi) is 3.86. The summed E-state index contributed by atoms with van der Waals surface area (Å²) in [4.78, 5) is 15.5. The molecule has 3 nitrogen and oxygen atoms in total. The fraction of sp³-hybridized carbons (Fsp3) is 0.400. The topological polar surface area (TPSA) is 50.2 Å². The molecule has 0 saturated carbocycles. The number of carbonyl (C=O) groups excluding carboxylic acids is 1. The summed E-state index contributed by atoms with van der Waals surface area (Å²) in [7, 11) is 0. The number of hydrogen-bond donors (Lipinski definition) is 1. The van der Waals surface area contributed by atoms with Gasteiger partial charge in [0, 0.05) is 12.0 Å². The number of hydrogen-bond acceptors (Lipinski definition) is 3. The number of ketones is 1. The average Bonchev–Trinajstić information content (AvgIpc) is 2.11. The monoisotopic (exact) mass is 305 g/mol. The van der Waals surface area contributed by atoms with Crippen LogP contribution in [0.3, 0.4) is 0 Å². The fourth-order valence-corrected chi connectivity index (χ4v) is 1.64. The summed E-state index contributed by atoms with van der Waals surface area (Å²) in [5.41, 5.74) is 1.22. The van der Waals surface area contributed by atoms with E-state index in [1.165, 1.54) is 0 Å². The summed E-state index contributed by atoms with van der Waals surface area (Å²) in [5, 5.41) is 9.31. The van der Waals surface area contributed by atoms with Crippen LogP contribution in [0.4, 0.5) is 0 Å². The average molecular weight is 305 g/mol. The predicted molar refractivity (Wildman–Crippen MR) is 62.6 cm³/mol. The molecular formula is C10H12INO2. The molecule has 76 valence electrons. The molecule has 1 heterocycles. The van der Waals surface area contributed by atoms with Gasteiger partial charge in [0.1, 0.15) is 0 Å². The molecule has 0 aromatic carbocycles. The van der Waals surface area contributed by atoms with Crippen molar-refractivity contribution in [2.75, 3.05) is 0 Å². The molecule has 1 aromatic rings. The molecule has 0 aliphatic rings. The number of rotatable bonds is 3. The Morgan fingerprint density at radius 1 is 1.64 bits per heavy atom. The minimum absolute atomic E-state index is 0.00357.